The van der Waals surface area contributed by atoms with Gasteiger partial charge in [-0.2, -0.15) is 0 Å². The quantitative estimate of drug-likeness (QED) is 0.408. The lowest BCUT2D eigenvalue weighted by Crippen LogP contribution is -2.27. The van der Waals surface area contributed by atoms with Crippen molar-refractivity contribution in [2.45, 2.75) is 6.54 Å². The predicted molar refractivity (Wildman–Crippen MR) is 113 cm³/mol. The van der Waals surface area contributed by atoms with Crippen LogP contribution in [0, 0.1) is 5.82 Å². The van der Waals surface area contributed by atoms with Gasteiger partial charge in [-0.15, -0.1) is 0 Å². The van der Waals surface area contributed by atoms with Gasteiger partial charge in [0.15, 0.2) is 0 Å². The van der Waals surface area contributed by atoms with E-state index in [-0.39, 0.29) is 17.3 Å². The summed E-state index contributed by atoms with van der Waals surface area (Å²) in [4.78, 5) is 38.3. The molecule has 0 spiro atoms. The number of rotatable bonds is 5. The number of ether oxygens (including phenoxy) is 1. The summed E-state index contributed by atoms with van der Waals surface area (Å²) in [6.07, 6.45) is 1.49. The van der Waals surface area contributed by atoms with Gasteiger partial charge < -0.3 is 9.15 Å². The first-order chi connectivity index (χ1) is 15.0. The highest BCUT2D eigenvalue weighted by Gasteiger charge is 2.35. The summed E-state index contributed by atoms with van der Waals surface area (Å²) in [5.74, 6) is -0.539. The SMILES string of the molecule is COC(=O)c1ccccc1-c1ccc(/C=C2\SC(=O)N(Cc3ccc(F)cc3)C2=O)o1. The number of nitrogens with zero attached hydrogens (tertiary/aromatic N) is 1. The molecule has 1 aliphatic heterocycles. The maximum atomic E-state index is 13.1. The number of esters is 1. The molecule has 3 aromatic rings. The normalized spacial score (nSPS) is 15.0. The number of furan rings is 1. The van der Waals surface area contributed by atoms with Crippen molar-refractivity contribution >= 4 is 35.0 Å². The van der Waals surface area contributed by atoms with Crippen LogP contribution in [0.15, 0.2) is 70.0 Å². The van der Waals surface area contributed by atoms with Crippen LogP contribution in [0.1, 0.15) is 21.7 Å². The fourth-order valence-corrected chi connectivity index (χ4v) is 3.92. The molecule has 1 aliphatic rings. The lowest BCUT2D eigenvalue weighted by molar-refractivity contribution is -0.123. The van der Waals surface area contributed by atoms with E-state index in [1.165, 1.54) is 37.5 Å². The van der Waals surface area contributed by atoms with Crippen LogP contribution in [0.2, 0.25) is 0 Å². The molecule has 0 atom stereocenters. The first-order valence-electron chi connectivity index (χ1n) is 9.23. The largest absolute Gasteiger partial charge is 0.465 e. The Morgan fingerprint density at radius 3 is 2.58 bits per heavy atom. The highest BCUT2D eigenvalue weighted by atomic mass is 32.2. The van der Waals surface area contributed by atoms with Gasteiger partial charge in [0.1, 0.15) is 17.3 Å². The zero-order valence-corrected chi connectivity index (χ0v) is 17.1. The van der Waals surface area contributed by atoms with Gasteiger partial charge in [0.25, 0.3) is 11.1 Å². The third-order valence-corrected chi connectivity index (χ3v) is 5.53. The van der Waals surface area contributed by atoms with Crippen LogP contribution in [0.25, 0.3) is 17.4 Å². The van der Waals surface area contributed by atoms with Crippen molar-refractivity contribution in [3.8, 4) is 11.3 Å². The molecule has 1 saturated heterocycles. The van der Waals surface area contributed by atoms with Gasteiger partial charge in [0.05, 0.1) is 24.1 Å². The van der Waals surface area contributed by atoms with Gasteiger partial charge in [0, 0.05) is 11.6 Å². The first kappa shape index (κ1) is 20.6. The lowest BCUT2D eigenvalue weighted by atomic mass is 10.1. The molecule has 6 nitrogen and oxygen atoms in total. The number of hydrogen-bond donors (Lipinski definition) is 0. The number of carbonyl (C=O) groups is 3. The van der Waals surface area contributed by atoms with Gasteiger partial charge in [-0.25, -0.2) is 9.18 Å². The number of amides is 2. The third-order valence-electron chi connectivity index (χ3n) is 4.63. The molecule has 2 heterocycles. The molecule has 2 amide bonds. The van der Waals surface area contributed by atoms with E-state index in [4.69, 9.17) is 9.15 Å². The Bertz CT molecular complexity index is 1200. The summed E-state index contributed by atoms with van der Waals surface area (Å²) in [5.41, 5.74) is 1.55. The Morgan fingerprint density at radius 1 is 1.10 bits per heavy atom. The van der Waals surface area contributed by atoms with Crippen LogP contribution in [0.5, 0.6) is 0 Å². The minimum absolute atomic E-state index is 0.0538. The molecular formula is C23H16FNO5S. The van der Waals surface area contributed by atoms with Crippen molar-refractivity contribution in [3.05, 3.63) is 88.3 Å². The Kier molecular flexibility index (Phi) is 5.73. The molecule has 0 unspecified atom stereocenters. The second kappa shape index (κ2) is 8.61. The number of halogens is 1. The van der Waals surface area contributed by atoms with Gasteiger partial charge in [-0.3, -0.25) is 14.5 Å². The van der Waals surface area contributed by atoms with Crippen molar-refractivity contribution in [1.29, 1.82) is 0 Å². The second-order valence-electron chi connectivity index (χ2n) is 6.63. The number of hydrogen-bond acceptors (Lipinski definition) is 6. The van der Waals surface area contributed by atoms with E-state index in [0.717, 1.165) is 16.7 Å². The summed E-state index contributed by atoms with van der Waals surface area (Å²) >= 11 is 0.806. The molecule has 4 rings (SSSR count). The summed E-state index contributed by atoms with van der Waals surface area (Å²) in [6, 6.07) is 15.8. The van der Waals surface area contributed by atoms with Crippen molar-refractivity contribution in [3.63, 3.8) is 0 Å². The van der Waals surface area contributed by atoms with Crippen molar-refractivity contribution in [2.75, 3.05) is 7.11 Å². The Hall–Kier alpha value is -3.65. The number of imide groups is 1. The highest BCUT2D eigenvalue weighted by Crippen LogP contribution is 2.34. The lowest BCUT2D eigenvalue weighted by Gasteiger charge is -2.12. The highest BCUT2D eigenvalue weighted by molar-refractivity contribution is 8.18. The summed E-state index contributed by atoms with van der Waals surface area (Å²) in [5, 5.41) is -0.414. The zero-order valence-electron chi connectivity index (χ0n) is 16.3. The Morgan fingerprint density at radius 2 is 1.84 bits per heavy atom. The first-order valence-corrected chi connectivity index (χ1v) is 10.1. The van der Waals surface area contributed by atoms with Gasteiger partial charge in [0.2, 0.25) is 0 Å². The Labute approximate surface area is 181 Å². The third kappa shape index (κ3) is 4.29. The van der Waals surface area contributed by atoms with E-state index < -0.39 is 17.1 Å². The molecule has 0 aliphatic carbocycles. The molecule has 0 N–H and O–H groups in total. The van der Waals surface area contributed by atoms with E-state index in [2.05, 4.69) is 0 Å². The smallest absolute Gasteiger partial charge is 0.338 e. The standard InChI is InChI=1S/C23H16FNO5S/c1-29-22(27)18-5-3-2-4-17(18)19-11-10-16(30-19)12-20-21(26)25(23(28)31-20)13-14-6-8-15(24)9-7-14/h2-12H,13H2,1H3/b20-12-. The van der Waals surface area contributed by atoms with E-state index in [0.29, 0.717) is 28.2 Å². The van der Waals surface area contributed by atoms with Crippen LogP contribution >= 0.6 is 11.8 Å². The van der Waals surface area contributed by atoms with E-state index in [1.54, 1.807) is 36.4 Å². The van der Waals surface area contributed by atoms with E-state index in [1.807, 2.05) is 0 Å². The van der Waals surface area contributed by atoms with Crippen LogP contribution < -0.4 is 0 Å². The van der Waals surface area contributed by atoms with E-state index >= 15 is 0 Å². The van der Waals surface area contributed by atoms with Gasteiger partial charge >= 0.3 is 5.97 Å². The average molecular weight is 437 g/mol. The molecule has 31 heavy (non-hydrogen) atoms. The second-order valence-corrected chi connectivity index (χ2v) is 7.63. The van der Waals surface area contributed by atoms with E-state index in [9.17, 15) is 18.8 Å². The van der Waals surface area contributed by atoms with Crippen molar-refractivity contribution in [1.82, 2.24) is 4.90 Å². The van der Waals surface area contributed by atoms with Crippen LogP contribution in [-0.4, -0.2) is 29.1 Å². The summed E-state index contributed by atoms with van der Waals surface area (Å²) < 4.78 is 23.7. The fourth-order valence-electron chi connectivity index (χ4n) is 3.10. The fraction of sp³-hybridized carbons (Fsp3) is 0.0870. The van der Waals surface area contributed by atoms with Gasteiger partial charge in [-0.1, -0.05) is 30.3 Å². The number of carbonyl (C=O) groups excluding carboxylic acids is 3. The maximum absolute atomic E-state index is 13.1. The van der Waals surface area contributed by atoms with Crippen molar-refractivity contribution in [2.24, 2.45) is 0 Å². The molecule has 0 bridgehead atoms. The maximum Gasteiger partial charge on any atom is 0.338 e. The summed E-state index contributed by atoms with van der Waals surface area (Å²) in [6.45, 7) is 0.0538. The minimum Gasteiger partial charge on any atom is -0.465 e. The molecule has 2 aromatic carbocycles. The predicted octanol–water partition coefficient (Wildman–Crippen LogP) is 5.11. The molecule has 8 heteroatoms. The molecule has 156 valence electrons. The molecule has 1 aromatic heterocycles. The zero-order chi connectivity index (χ0) is 22.0. The van der Waals surface area contributed by atoms with Crippen LogP contribution in [-0.2, 0) is 16.1 Å². The average Bonchev–Trinajstić information content (AvgIpc) is 3.35. The summed E-state index contributed by atoms with van der Waals surface area (Å²) in [7, 11) is 1.30. The van der Waals surface area contributed by atoms with Crippen molar-refractivity contribution < 1.29 is 27.9 Å². The minimum atomic E-state index is -0.490. The number of thioether (sulfide) groups is 1. The molecule has 0 saturated carbocycles. The number of benzene rings is 2. The molecule has 1 fully saturated rings. The van der Waals surface area contributed by atoms with Crippen LogP contribution in [0.4, 0.5) is 9.18 Å². The van der Waals surface area contributed by atoms with Gasteiger partial charge in [-0.05, 0) is 47.7 Å². The van der Waals surface area contributed by atoms with Crippen LogP contribution in [0.3, 0.4) is 0 Å². The topological polar surface area (TPSA) is 76.8 Å². The molecular weight excluding hydrogens is 421 g/mol. The Balaban J connectivity index is 1.56. The number of methoxy groups -OCH3 is 1. The monoisotopic (exact) mass is 437 g/mol. The molecule has 0 radical (unpaired) electrons.